The van der Waals surface area contributed by atoms with Gasteiger partial charge in [-0.05, 0) is 105 Å². The molecule has 0 aliphatic heterocycles. The van der Waals surface area contributed by atoms with E-state index in [4.69, 9.17) is 9.47 Å². The summed E-state index contributed by atoms with van der Waals surface area (Å²) in [7, 11) is 1.59. The molecule has 2 aliphatic carbocycles. The average molecular weight is 459 g/mol. The first-order chi connectivity index (χ1) is 15.8. The molecular formula is C27H32F2O4. The van der Waals surface area contributed by atoms with Gasteiger partial charge in [0.2, 0.25) is 5.67 Å². The van der Waals surface area contributed by atoms with Crippen LogP contribution in [0, 0.1) is 17.7 Å². The predicted molar refractivity (Wildman–Crippen MR) is 122 cm³/mol. The van der Waals surface area contributed by atoms with Crippen LogP contribution in [0.4, 0.5) is 8.78 Å². The fraction of sp³-hybridized carbons (Fsp3) is 0.519. The Hall–Kier alpha value is -2.63. The van der Waals surface area contributed by atoms with Gasteiger partial charge in [-0.25, -0.2) is 13.6 Å². The molecule has 1 N–H and O–H groups in total. The van der Waals surface area contributed by atoms with Gasteiger partial charge in [0.05, 0.1) is 13.7 Å². The van der Waals surface area contributed by atoms with Gasteiger partial charge in [0.1, 0.15) is 17.3 Å². The summed E-state index contributed by atoms with van der Waals surface area (Å²) in [5.41, 5.74) is -0.909. The monoisotopic (exact) mass is 458 g/mol. The lowest BCUT2D eigenvalue weighted by Crippen LogP contribution is -2.38. The van der Waals surface area contributed by atoms with Crippen LogP contribution in [0.5, 0.6) is 11.5 Å². The van der Waals surface area contributed by atoms with Gasteiger partial charge in [-0.2, -0.15) is 0 Å². The minimum absolute atomic E-state index is 0.0543. The van der Waals surface area contributed by atoms with Gasteiger partial charge in [-0.1, -0.05) is 12.1 Å². The van der Waals surface area contributed by atoms with Crippen LogP contribution in [0.25, 0.3) is 0 Å². The zero-order valence-corrected chi connectivity index (χ0v) is 19.2. The van der Waals surface area contributed by atoms with E-state index >= 15 is 4.39 Å². The minimum atomic E-state index is -2.31. The second kappa shape index (κ2) is 9.70. The molecule has 2 unspecified atom stereocenters. The molecule has 6 heteroatoms. The van der Waals surface area contributed by atoms with Gasteiger partial charge in [-0.15, -0.1) is 0 Å². The van der Waals surface area contributed by atoms with Gasteiger partial charge in [0.15, 0.2) is 0 Å². The van der Waals surface area contributed by atoms with Crippen molar-refractivity contribution in [1.82, 2.24) is 0 Å². The van der Waals surface area contributed by atoms with Crippen LogP contribution in [0.1, 0.15) is 68.4 Å². The zero-order valence-electron chi connectivity index (χ0n) is 19.2. The van der Waals surface area contributed by atoms with Crippen LogP contribution >= 0.6 is 0 Å². The maximum Gasteiger partial charge on any atom is 0.341 e. The van der Waals surface area contributed by atoms with Crippen LogP contribution in [0.15, 0.2) is 42.5 Å². The first-order valence-electron chi connectivity index (χ1n) is 11.8. The van der Waals surface area contributed by atoms with E-state index in [1.165, 1.54) is 6.07 Å². The topological polar surface area (TPSA) is 55.8 Å². The van der Waals surface area contributed by atoms with E-state index in [9.17, 15) is 14.3 Å². The summed E-state index contributed by atoms with van der Waals surface area (Å²) in [6.45, 7) is 1.70. The lowest BCUT2D eigenvalue weighted by Gasteiger charge is -2.29. The lowest BCUT2D eigenvalue weighted by molar-refractivity contribution is -0.151. The Morgan fingerprint density at radius 1 is 1.09 bits per heavy atom. The van der Waals surface area contributed by atoms with Crippen molar-refractivity contribution in [2.75, 3.05) is 13.7 Å². The Kier molecular flexibility index (Phi) is 6.91. The van der Waals surface area contributed by atoms with E-state index in [-0.39, 0.29) is 17.7 Å². The average Bonchev–Trinajstić information content (AvgIpc) is 3.63. The van der Waals surface area contributed by atoms with Crippen molar-refractivity contribution in [1.29, 1.82) is 0 Å². The molecule has 0 heterocycles. The van der Waals surface area contributed by atoms with E-state index in [0.717, 1.165) is 51.0 Å². The van der Waals surface area contributed by atoms with Crippen molar-refractivity contribution >= 4 is 5.97 Å². The van der Waals surface area contributed by atoms with Crippen molar-refractivity contribution in [2.24, 2.45) is 11.8 Å². The summed E-state index contributed by atoms with van der Waals surface area (Å²) in [5, 5.41) is 9.41. The van der Waals surface area contributed by atoms with E-state index in [0.29, 0.717) is 29.6 Å². The molecule has 178 valence electrons. The largest absolute Gasteiger partial charge is 0.497 e. The smallest absolute Gasteiger partial charge is 0.341 e. The number of ether oxygens (including phenoxy) is 2. The number of carboxylic acids is 1. The van der Waals surface area contributed by atoms with Crippen molar-refractivity contribution < 1.29 is 28.2 Å². The van der Waals surface area contributed by atoms with Gasteiger partial charge < -0.3 is 14.6 Å². The van der Waals surface area contributed by atoms with E-state index < -0.39 is 17.6 Å². The standard InChI is InChI=1S/C27H32F2O4/c1-27(29,26(30)31)25(19-10-11-19)20-4-3-5-22(14-20)33-16-17-6-8-18(9-7-17)23-15-21(32-2)12-13-24(23)28/h3-5,12-15,17-19,25H,6-11,16H2,1-2H3,(H,30,31)/t17-,18-,25?,27?. The normalized spacial score (nSPS) is 23.4. The molecule has 33 heavy (non-hydrogen) atoms. The Labute approximate surface area is 193 Å². The van der Waals surface area contributed by atoms with E-state index in [1.807, 2.05) is 6.07 Å². The van der Waals surface area contributed by atoms with Crippen LogP contribution in [-0.4, -0.2) is 30.5 Å². The molecule has 0 bridgehead atoms. The summed E-state index contributed by atoms with van der Waals surface area (Å²) in [6, 6.07) is 12.1. The van der Waals surface area contributed by atoms with Crippen molar-refractivity contribution in [3.05, 3.63) is 59.4 Å². The van der Waals surface area contributed by atoms with Gasteiger partial charge >= 0.3 is 5.97 Å². The number of methoxy groups -OCH3 is 1. The Morgan fingerprint density at radius 2 is 1.82 bits per heavy atom. The Bertz CT molecular complexity index is 978. The highest BCUT2D eigenvalue weighted by Gasteiger charge is 2.50. The van der Waals surface area contributed by atoms with Crippen molar-refractivity contribution in [3.63, 3.8) is 0 Å². The fourth-order valence-corrected chi connectivity index (χ4v) is 5.20. The van der Waals surface area contributed by atoms with E-state index in [2.05, 4.69) is 0 Å². The molecule has 2 aromatic carbocycles. The second-order valence-electron chi connectivity index (χ2n) is 9.68. The van der Waals surface area contributed by atoms with Gasteiger partial charge in [0, 0.05) is 5.92 Å². The lowest BCUT2D eigenvalue weighted by atomic mass is 9.79. The highest BCUT2D eigenvalue weighted by Crippen LogP contribution is 2.50. The van der Waals surface area contributed by atoms with Crippen LogP contribution in [-0.2, 0) is 4.79 Å². The molecule has 0 amide bonds. The SMILES string of the molecule is COc1ccc(F)c([C@H]2CC[C@H](COc3cccc(C(C4CC4)C(C)(F)C(=O)O)c3)CC2)c1. The molecule has 2 aromatic rings. The predicted octanol–water partition coefficient (Wildman–Crippen LogP) is 6.49. The maximum absolute atomic E-state index is 15.0. The number of alkyl halides is 1. The number of hydrogen-bond donors (Lipinski definition) is 1. The first-order valence-corrected chi connectivity index (χ1v) is 11.8. The number of hydrogen-bond acceptors (Lipinski definition) is 3. The fourth-order valence-electron chi connectivity index (χ4n) is 5.20. The number of halogens is 2. The molecule has 2 aliphatic rings. The van der Waals surface area contributed by atoms with Crippen LogP contribution < -0.4 is 9.47 Å². The maximum atomic E-state index is 15.0. The van der Waals surface area contributed by atoms with Gasteiger partial charge in [-0.3, -0.25) is 0 Å². The summed E-state index contributed by atoms with van der Waals surface area (Å²) >= 11 is 0. The number of aliphatic carboxylic acids is 1. The summed E-state index contributed by atoms with van der Waals surface area (Å²) in [6.07, 6.45) is 5.35. The third kappa shape index (κ3) is 5.31. The Balaban J connectivity index is 1.36. The minimum Gasteiger partial charge on any atom is -0.497 e. The molecular weight excluding hydrogens is 426 g/mol. The number of carbonyl (C=O) groups is 1. The summed E-state index contributed by atoms with van der Waals surface area (Å²) in [4.78, 5) is 11.5. The molecule has 0 radical (unpaired) electrons. The number of rotatable bonds is 9. The van der Waals surface area contributed by atoms with Crippen molar-refractivity contribution in [3.8, 4) is 11.5 Å². The molecule has 2 saturated carbocycles. The highest BCUT2D eigenvalue weighted by atomic mass is 19.1. The number of benzene rings is 2. The van der Waals surface area contributed by atoms with E-state index in [1.54, 1.807) is 37.4 Å². The van der Waals surface area contributed by atoms with Crippen LogP contribution in [0.3, 0.4) is 0 Å². The third-order valence-corrected chi connectivity index (χ3v) is 7.29. The molecule has 4 nitrogen and oxygen atoms in total. The zero-order chi connectivity index (χ0) is 23.6. The number of carboxylic acid groups (broad SMARTS) is 1. The first kappa shape index (κ1) is 23.5. The molecule has 2 fully saturated rings. The summed E-state index contributed by atoms with van der Waals surface area (Å²) in [5.74, 6) is -0.367. The van der Waals surface area contributed by atoms with Gasteiger partial charge in [0.25, 0.3) is 0 Å². The third-order valence-electron chi connectivity index (χ3n) is 7.29. The molecule has 0 saturated heterocycles. The molecule has 0 aromatic heterocycles. The van der Waals surface area contributed by atoms with Crippen LogP contribution in [0.2, 0.25) is 0 Å². The molecule has 0 spiro atoms. The van der Waals surface area contributed by atoms with Crippen molar-refractivity contribution in [2.45, 2.75) is 63.0 Å². The molecule has 2 atom stereocenters. The summed E-state index contributed by atoms with van der Waals surface area (Å²) < 4.78 is 40.6. The second-order valence-corrected chi connectivity index (χ2v) is 9.68. The molecule has 4 rings (SSSR count). The Morgan fingerprint density at radius 3 is 2.45 bits per heavy atom. The highest BCUT2D eigenvalue weighted by molar-refractivity contribution is 5.78. The quantitative estimate of drug-likeness (QED) is 0.466.